The molecular formula is C18H23NO4. The van der Waals surface area contributed by atoms with Crippen molar-refractivity contribution in [3.8, 4) is 11.5 Å². The number of piperidine rings is 1. The molecule has 5 nitrogen and oxygen atoms in total. The lowest BCUT2D eigenvalue weighted by Crippen LogP contribution is -2.54. The second-order valence-corrected chi connectivity index (χ2v) is 6.91. The van der Waals surface area contributed by atoms with Crippen LogP contribution in [0.2, 0.25) is 0 Å². The lowest BCUT2D eigenvalue weighted by molar-refractivity contribution is -0.111. The van der Waals surface area contributed by atoms with Gasteiger partial charge < -0.3 is 19.5 Å². The summed E-state index contributed by atoms with van der Waals surface area (Å²) in [4.78, 5) is 14.9. The molecule has 5 heteroatoms. The molecule has 1 aromatic carbocycles. The summed E-state index contributed by atoms with van der Waals surface area (Å²) in [6.45, 7) is 0.608. The second-order valence-electron chi connectivity index (χ2n) is 6.91. The fraction of sp³-hybridized carbons (Fsp3) is 0.611. The summed E-state index contributed by atoms with van der Waals surface area (Å²) in [7, 11) is 3.15. The predicted octanol–water partition coefficient (Wildman–Crippen LogP) is 2.53. The van der Waals surface area contributed by atoms with Crippen LogP contribution in [0.1, 0.15) is 54.1 Å². The van der Waals surface area contributed by atoms with Crippen molar-refractivity contribution in [3.63, 3.8) is 0 Å². The van der Waals surface area contributed by atoms with Crippen molar-refractivity contribution in [2.24, 2.45) is 5.92 Å². The van der Waals surface area contributed by atoms with Crippen LogP contribution in [-0.4, -0.2) is 42.3 Å². The van der Waals surface area contributed by atoms with Gasteiger partial charge in [-0.25, -0.2) is 0 Å². The molecule has 3 atom stereocenters. The Morgan fingerprint density at radius 2 is 2.04 bits per heavy atom. The lowest BCUT2D eigenvalue weighted by Gasteiger charge is -2.50. The average molecular weight is 317 g/mol. The van der Waals surface area contributed by atoms with E-state index in [1.165, 1.54) is 0 Å². The van der Waals surface area contributed by atoms with Gasteiger partial charge >= 0.3 is 0 Å². The topological polar surface area (TPSA) is 59.0 Å². The molecule has 0 spiro atoms. The SMILES string of the molecule is COc1ccc2c(c1OC)C(=O)N1CC[C@@]3(O)CCCC[C@@H]3[C@@H]21. The van der Waals surface area contributed by atoms with E-state index in [0.29, 0.717) is 30.0 Å². The van der Waals surface area contributed by atoms with Crippen molar-refractivity contribution in [1.82, 2.24) is 4.90 Å². The standard InChI is InChI=1S/C18H23NO4/c1-22-13-7-6-11-14(16(13)23-2)17(20)19-10-9-18(21)8-4-3-5-12(18)15(11)19/h6-7,12,15,21H,3-5,8-10H2,1-2H3/t12-,15-,18+/m1/s1. The Balaban J connectivity index is 1.85. The van der Waals surface area contributed by atoms with Crippen molar-refractivity contribution in [3.05, 3.63) is 23.3 Å². The van der Waals surface area contributed by atoms with E-state index in [1.807, 2.05) is 17.0 Å². The molecule has 0 aromatic heterocycles. The van der Waals surface area contributed by atoms with E-state index >= 15 is 0 Å². The Morgan fingerprint density at radius 1 is 1.22 bits per heavy atom. The Labute approximate surface area is 136 Å². The predicted molar refractivity (Wildman–Crippen MR) is 84.8 cm³/mol. The van der Waals surface area contributed by atoms with Crippen molar-refractivity contribution in [1.29, 1.82) is 0 Å². The number of benzene rings is 1. The van der Waals surface area contributed by atoms with Crippen LogP contribution in [0, 0.1) is 5.92 Å². The molecule has 1 saturated carbocycles. The Kier molecular flexibility index (Phi) is 3.30. The third-order valence-corrected chi connectivity index (χ3v) is 5.94. The highest BCUT2D eigenvalue weighted by molar-refractivity contribution is 6.02. The van der Waals surface area contributed by atoms with E-state index in [9.17, 15) is 9.90 Å². The van der Waals surface area contributed by atoms with Gasteiger partial charge in [-0.15, -0.1) is 0 Å². The number of methoxy groups -OCH3 is 2. The second kappa shape index (κ2) is 5.13. The van der Waals surface area contributed by atoms with Gasteiger partial charge in [0.1, 0.15) is 0 Å². The fourth-order valence-electron chi connectivity index (χ4n) is 4.85. The number of carbonyl (C=O) groups is 1. The highest BCUT2D eigenvalue weighted by atomic mass is 16.5. The first-order valence-electron chi connectivity index (χ1n) is 8.39. The van der Waals surface area contributed by atoms with E-state index in [2.05, 4.69) is 0 Å². The van der Waals surface area contributed by atoms with E-state index in [1.54, 1.807) is 14.2 Å². The summed E-state index contributed by atoms with van der Waals surface area (Å²) >= 11 is 0. The minimum Gasteiger partial charge on any atom is -0.493 e. The van der Waals surface area contributed by atoms with Crippen LogP contribution in [0.3, 0.4) is 0 Å². The van der Waals surface area contributed by atoms with Crippen LogP contribution in [0.5, 0.6) is 11.5 Å². The summed E-state index contributed by atoms with van der Waals surface area (Å²) in [5.74, 6) is 1.23. The molecule has 4 rings (SSSR count). The Bertz CT molecular complexity index is 659. The Morgan fingerprint density at radius 3 is 2.78 bits per heavy atom. The molecular weight excluding hydrogens is 294 g/mol. The van der Waals surface area contributed by atoms with E-state index in [-0.39, 0.29) is 17.9 Å². The summed E-state index contributed by atoms with van der Waals surface area (Å²) in [6, 6.07) is 3.81. The molecule has 1 aromatic rings. The van der Waals surface area contributed by atoms with Gasteiger partial charge in [-0.3, -0.25) is 4.79 Å². The molecule has 3 aliphatic rings. The molecule has 0 radical (unpaired) electrons. The fourth-order valence-corrected chi connectivity index (χ4v) is 4.85. The van der Waals surface area contributed by atoms with Crippen molar-refractivity contribution >= 4 is 5.91 Å². The van der Waals surface area contributed by atoms with Crippen LogP contribution in [0.25, 0.3) is 0 Å². The first-order chi connectivity index (χ1) is 11.1. The lowest BCUT2D eigenvalue weighted by atomic mass is 9.67. The molecule has 2 fully saturated rings. The van der Waals surface area contributed by atoms with E-state index in [4.69, 9.17) is 9.47 Å². The molecule has 2 aliphatic heterocycles. The maximum atomic E-state index is 13.0. The zero-order chi connectivity index (χ0) is 16.2. The van der Waals surface area contributed by atoms with Crippen LogP contribution in [-0.2, 0) is 0 Å². The molecule has 0 bridgehead atoms. The van der Waals surface area contributed by atoms with Gasteiger partial charge in [0.2, 0.25) is 0 Å². The molecule has 2 heterocycles. The minimum absolute atomic E-state index is 0.00775. The smallest absolute Gasteiger partial charge is 0.258 e. The van der Waals surface area contributed by atoms with Crippen molar-refractivity contribution in [2.45, 2.75) is 43.7 Å². The summed E-state index contributed by atoms with van der Waals surface area (Å²) in [5.41, 5.74) is 0.971. The van der Waals surface area contributed by atoms with Crippen LogP contribution < -0.4 is 9.47 Å². The monoisotopic (exact) mass is 317 g/mol. The average Bonchev–Trinajstić information content (AvgIpc) is 2.86. The number of rotatable bonds is 2. The first-order valence-corrected chi connectivity index (χ1v) is 8.39. The highest BCUT2D eigenvalue weighted by Crippen LogP contribution is 2.55. The first kappa shape index (κ1) is 14.8. The Hall–Kier alpha value is -1.75. The highest BCUT2D eigenvalue weighted by Gasteiger charge is 2.54. The molecule has 124 valence electrons. The summed E-state index contributed by atoms with van der Waals surface area (Å²) in [6.07, 6.45) is 4.69. The molecule has 1 saturated heterocycles. The van der Waals surface area contributed by atoms with Crippen molar-refractivity contribution in [2.75, 3.05) is 20.8 Å². The molecule has 23 heavy (non-hydrogen) atoms. The number of aliphatic hydroxyl groups is 1. The number of hydrogen-bond donors (Lipinski definition) is 1. The number of nitrogens with zero attached hydrogens (tertiary/aromatic N) is 1. The quantitative estimate of drug-likeness (QED) is 0.910. The minimum atomic E-state index is -0.630. The van der Waals surface area contributed by atoms with Gasteiger partial charge in [0.15, 0.2) is 11.5 Å². The van der Waals surface area contributed by atoms with Crippen molar-refractivity contribution < 1.29 is 19.4 Å². The summed E-state index contributed by atoms with van der Waals surface area (Å²) in [5, 5.41) is 11.1. The normalized spacial score (nSPS) is 32.1. The van der Waals surface area contributed by atoms with Crippen LogP contribution in [0.4, 0.5) is 0 Å². The number of ether oxygens (including phenoxy) is 2. The number of hydrogen-bond acceptors (Lipinski definition) is 4. The van der Waals surface area contributed by atoms with Crippen LogP contribution in [0.15, 0.2) is 12.1 Å². The van der Waals surface area contributed by atoms with Gasteiger partial charge in [0.25, 0.3) is 5.91 Å². The van der Waals surface area contributed by atoms with E-state index < -0.39 is 5.60 Å². The third-order valence-electron chi connectivity index (χ3n) is 5.94. The molecule has 1 aliphatic carbocycles. The zero-order valence-corrected chi connectivity index (χ0v) is 13.7. The van der Waals surface area contributed by atoms with Gasteiger partial charge in [0.05, 0.1) is 31.4 Å². The molecule has 0 unspecified atom stereocenters. The zero-order valence-electron chi connectivity index (χ0n) is 13.7. The number of fused-ring (bicyclic) bond motifs is 5. The number of amides is 1. The maximum absolute atomic E-state index is 13.0. The summed E-state index contributed by atoms with van der Waals surface area (Å²) < 4.78 is 10.8. The van der Waals surface area contributed by atoms with Gasteiger partial charge in [-0.05, 0) is 30.9 Å². The molecule has 1 N–H and O–H groups in total. The largest absolute Gasteiger partial charge is 0.493 e. The van der Waals surface area contributed by atoms with E-state index in [0.717, 1.165) is 31.2 Å². The molecule has 1 amide bonds. The van der Waals surface area contributed by atoms with Crippen LogP contribution >= 0.6 is 0 Å². The third kappa shape index (κ3) is 1.92. The van der Waals surface area contributed by atoms with Gasteiger partial charge in [0, 0.05) is 12.5 Å². The van der Waals surface area contributed by atoms with Gasteiger partial charge in [-0.1, -0.05) is 18.9 Å². The number of carbonyl (C=O) groups excluding carboxylic acids is 1. The maximum Gasteiger partial charge on any atom is 0.258 e. The van der Waals surface area contributed by atoms with Gasteiger partial charge in [-0.2, -0.15) is 0 Å².